The van der Waals surface area contributed by atoms with Gasteiger partial charge in [-0.15, -0.1) is 0 Å². The molecule has 5 rings (SSSR count). The van der Waals surface area contributed by atoms with Gasteiger partial charge in [-0.1, -0.05) is 0 Å². The van der Waals surface area contributed by atoms with Crippen molar-refractivity contribution in [3.05, 3.63) is 11.8 Å². The molecule has 4 aliphatic carbocycles. The Labute approximate surface area is 117 Å². The first kappa shape index (κ1) is 12.3. The topological polar surface area (TPSA) is 21.3 Å². The van der Waals surface area contributed by atoms with Crippen LogP contribution in [-0.4, -0.2) is 19.7 Å². The summed E-state index contributed by atoms with van der Waals surface area (Å²) in [5.41, 5.74) is 1.55. The Bertz CT molecular complexity index is 347. The van der Waals surface area contributed by atoms with Gasteiger partial charge in [0, 0.05) is 6.04 Å². The molecule has 19 heavy (non-hydrogen) atoms. The van der Waals surface area contributed by atoms with Gasteiger partial charge < -0.3 is 10.1 Å². The largest absolute Gasteiger partial charge is 0.501 e. The van der Waals surface area contributed by atoms with Crippen LogP contribution < -0.4 is 5.32 Å². The number of nitrogens with one attached hydrogen (secondary N) is 1. The monoisotopic (exact) mass is 261 g/mol. The maximum Gasteiger partial charge on any atom is 0.0876 e. The fourth-order valence-electron chi connectivity index (χ4n) is 5.95. The van der Waals surface area contributed by atoms with E-state index in [0.29, 0.717) is 6.04 Å². The van der Waals surface area contributed by atoms with Gasteiger partial charge in [-0.05, 0) is 87.2 Å². The minimum Gasteiger partial charge on any atom is -0.501 e. The third-order valence-corrected chi connectivity index (χ3v) is 6.36. The number of rotatable bonds is 3. The van der Waals surface area contributed by atoms with Crippen molar-refractivity contribution in [1.29, 1.82) is 0 Å². The van der Waals surface area contributed by atoms with Crippen LogP contribution in [0.3, 0.4) is 0 Å². The Kier molecular flexibility index (Phi) is 3.10. The molecule has 4 bridgehead atoms. The second-order valence-electron chi connectivity index (χ2n) is 7.44. The van der Waals surface area contributed by atoms with Crippen LogP contribution in [0.15, 0.2) is 11.8 Å². The van der Waals surface area contributed by atoms with Crippen molar-refractivity contribution in [1.82, 2.24) is 5.32 Å². The predicted octanol–water partition coefficient (Wildman–Crippen LogP) is 3.34. The molecule has 0 aromatic rings. The van der Waals surface area contributed by atoms with Gasteiger partial charge in [0.05, 0.1) is 12.9 Å². The van der Waals surface area contributed by atoms with Gasteiger partial charge in [-0.2, -0.15) is 0 Å². The maximum atomic E-state index is 5.61. The van der Waals surface area contributed by atoms with E-state index in [1.165, 1.54) is 38.5 Å². The lowest BCUT2D eigenvalue weighted by atomic mass is 9.50. The summed E-state index contributed by atoms with van der Waals surface area (Å²) in [5.74, 6) is 5.04. The normalized spacial score (nSPS) is 45.7. The first-order valence-corrected chi connectivity index (χ1v) is 8.33. The molecule has 1 aliphatic heterocycles. The average Bonchev–Trinajstić information content (AvgIpc) is 2.43. The maximum absolute atomic E-state index is 5.61. The summed E-state index contributed by atoms with van der Waals surface area (Å²) in [6, 6.07) is 0.593. The van der Waals surface area contributed by atoms with Gasteiger partial charge in [0.1, 0.15) is 0 Å². The van der Waals surface area contributed by atoms with Gasteiger partial charge in [-0.25, -0.2) is 0 Å². The highest BCUT2D eigenvalue weighted by atomic mass is 16.5. The summed E-state index contributed by atoms with van der Waals surface area (Å²) >= 11 is 0. The van der Waals surface area contributed by atoms with Crippen LogP contribution in [0.5, 0.6) is 0 Å². The van der Waals surface area contributed by atoms with Crippen molar-refractivity contribution in [3.8, 4) is 0 Å². The molecular weight excluding hydrogens is 234 g/mol. The van der Waals surface area contributed by atoms with Crippen LogP contribution in [-0.2, 0) is 4.74 Å². The lowest BCUT2D eigenvalue weighted by molar-refractivity contribution is -0.0470. The Balaban J connectivity index is 1.58. The third kappa shape index (κ3) is 2.03. The fourth-order valence-corrected chi connectivity index (χ4v) is 5.95. The molecular formula is C17H27NO. The van der Waals surface area contributed by atoms with Crippen molar-refractivity contribution in [2.45, 2.75) is 51.0 Å². The summed E-state index contributed by atoms with van der Waals surface area (Å²) in [6.45, 7) is 0.918. The van der Waals surface area contributed by atoms with E-state index in [2.05, 4.69) is 18.6 Å². The van der Waals surface area contributed by atoms with Gasteiger partial charge in [0.25, 0.3) is 0 Å². The van der Waals surface area contributed by atoms with Crippen LogP contribution in [0.2, 0.25) is 0 Å². The zero-order chi connectivity index (χ0) is 12.8. The second kappa shape index (κ2) is 4.80. The Morgan fingerprint density at radius 2 is 1.79 bits per heavy atom. The van der Waals surface area contributed by atoms with Crippen molar-refractivity contribution < 1.29 is 4.74 Å². The molecule has 0 spiro atoms. The Morgan fingerprint density at radius 3 is 2.32 bits per heavy atom. The van der Waals surface area contributed by atoms with Gasteiger partial charge in [0.2, 0.25) is 0 Å². The number of ether oxygens (including phenoxy) is 1. The Hall–Kier alpha value is -0.500. The van der Waals surface area contributed by atoms with E-state index in [4.69, 9.17) is 4.74 Å². The van der Waals surface area contributed by atoms with E-state index in [1.807, 2.05) is 0 Å². The molecule has 106 valence electrons. The fraction of sp³-hybridized carbons (Fsp3) is 0.882. The van der Waals surface area contributed by atoms with Crippen LogP contribution >= 0.6 is 0 Å². The van der Waals surface area contributed by atoms with Crippen molar-refractivity contribution >= 4 is 0 Å². The number of hydrogen-bond acceptors (Lipinski definition) is 2. The SMILES string of the molecule is CNC(C1=COCCC1)C1C2CC3CC(C2)CC1C3. The zero-order valence-corrected chi connectivity index (χ0v) is 12.1. The molecule has 1 N–H and O–H groups in total. The summed E-state index contributed by atoms with van der Waals surface area (Å²) in [6.07, 6.45) is 12.2. The molecule has 0 aromatic carbocycles. The molecule has 4 saturated carbocycles. The minimum atomic E-state index is 0.593. The Morgan fingerprint density at radius 1 is 1.11 bits per heavy atom. The molecule has 0 saturated heterocycles. The summed E-state index contributed by atoms with van der Waals surface area (Å²) in [5, 5.41) is 3.65. The highest BCUT2D eigenvalue weighted by Crippen LogP contribution is 2.58. The van der Waals surface area contributed by atoms with Crippen LogP contribution in [0.1, 0.15) is 44.9 Å². The van der Waals surface area contributed by atoms with Crippen LogP contribution in [0, 0.1) is 29.6 Å². The molecule has 5 aliphatic rings. The zero-order valence-electron chi connectivity index (χ0n) is 12.1. The van der Waals surface area contributed by atoms with Crippen LogP contribution in [0.25, 0.3) is 0 Å². The first-order valence-electron chi connectivity index (χ1n) is 8.33. The molecule has 1 unspecified atom stereocenters. The summed E-state index contributed by atoms with van der Waals surface area (Å²) in [4.78, 5) is 0. The predicted molar refractivity (Wildman–Crippen MR) is 76.7 cm³/mol. The highest BCUT2D eigenvalue weighted by Gasteiger charge is 2.50. The van der Waals surface area contributed by atoms with E-state index in [0.717, 1.165) is 36.2 Å². The summed E-state index contributed by atoms with van der Waals surface area (Å²) in [7, 11) is 2.16. The quantitative estimate of drug-likeness (QED) is 0.841. The van der Waals surface area contributed by atoms with E-state index >= 15 is 0 Å². The van der Waals surface area contributed by atoms with Gasteiger partial charge in [-0.3, -0.25) is 0 Å². The van der Waals surface area contributed by atoms with Crippen LogP contribution in [0.4, 0.5) is 0 Å². The lowest BCUT2D eigenvalue weighted by Crippen LogP contribution is -2.53. The molecule has 1 atom stereocenters. The third-order valence-electron chi connectivity index (χ3n) is 6.36. The number of hydrogen-bond donors (Lipinski definition) is 1. The first-order chi connectivity index (χ1) is 9.35. The van der Waals surface area contributed by atoms with Gasteiger partial charge >= 0.3 is 0 Å². The van der Waals surface area contributed by atoms with E-state index in [1.54, 1.807) is 12.0 Å². The molecule has 4 fully saturated rings. The van der Waals surface area contributed by atoms with E-state index < -0.39 is 0 Å². The van der Waals surface area contributed by atoms with Crippen molar-refractivity contribution in [2.75, 3.05) is 13.7 Å². The molecule has 0 amide bonds. The van der Waals surface area contributed by atoms with Gasteiger partial charge in [0.15, 0.2) is 0 Å². The highest BCUT2D eigenvalue weighted by molar-refractivity contribution is 5.16. The number of likely N-dealkylation sites (N-methyl/N-ethyl adjacent to an activating group) is 1. The standard InChI is InChI=1S/C17H27NO/c1-18-17(13-3-2-4-19-10-13)16-14-6-11-5-12(8-14)9-15(16)7-11/h10-12,14-18H,2-9H2,1H3. The second-order valence-corrected chi connectivity index (χ2v) is 7.44. The molecule has 2 heteroatoms. The summed E-state index contributed by atoms with van der Waals surface area (Å²) < 4.78 is 5.61. The van der Waals surface area contributed by atoms with Crippen molar-refractivity contribution in [2.24, 2.45) is 29.6 Å². The molecule has 1 heterocycles. The molecule has 0 aromatic heterocycles. The smallest absolute Gasteiger partial charge is 0.0876 e. The molecule has 0 radical (unpaired) electrons. The van der Waals surface area contributed by atoms with E-state index in [9.17, 15) is 0 Å². The molecule has 2 nitrogen and oxygen atoms in total. The lowest BCUT2D eigenvalue weighted by Gasteiger charge is -2.56. The van der Waals surface area contributed by atoms with E-state index in [-0.39, 0.29) is 0 Å². The average molecular weight is 261 g/mol. The van der Waals surface area contributed by atoms with Crippen molar-refractivity contribution in [3.63, 3.8) is 0 Å². The minimum absolute atomic E-state index is 0.593.